The maximum absolute atomic E-state index is 11.8. The van der Waals surface area contributed by atoms with Gasteiger partial charge in [0.15, 0.2) is 0 Å². The molecule has 2 rings (SSSR count). The van der Waals surface area contributed by atoms with Crippen molar-refractivity contribution in [3.8, 4) is 0 Å². The van der Waals surface area contributed by atoms with Crippen LogP contribution in [0.25, 0.3) is 0 Å². The summed E-state index contributed by atoms with van der Waals surface area (Å²) in [5.41, 5.74) is 0. The van der Waals surface area contributed by atoms with Crippen LogP contribution in [0.1, 0.15) is 43.2 Å². The highest BCUT2D eigenvalue weighted by atomic mass is 79.9. The van der Waals surface area contributed by atoms with E-state index in [1.165, 1.54) is 25.5 Å². The Morgan fingerprint density at radius 2 is 2.32 bits per heavy atom. The summed E-state index contributed by atoms with van der Waals surface area (Å²) in [5.74, 6) is 0.729. The van der Waals surface area contributed by atoms with Gasteiger partial charge in [0.2, 0.25) is 5.76 Å². The predicted octanol–water partition coefficient (Wildman–Crippen LogP) is 3.37. The Morgan fingerprint density at radius 1 is 1.53 bits per heavy atom. The molecule has 1 N–H and O–H groups in total. The van der Waals surface area contributed by atoms with E-state index < -0.39 is 0 Å². The lowest BCUT2D eigenvalue weighted by atomic mass is 9.88. The normalized spacial score (nSPS) is 23.3. The van der Waals surface area contributed by atoms with Crippen molar-refractivity contribution in [2.75, 3.05) is 13.2 Å². The summed E-state index contributed by atoms with van der Waals surface area (Å²) in [5, 5.41) is 2.79. The molecule has 5 heteroatoms. The number of carbonyl (C=O) groups is 1. The quantitative estimate of drug-likeness (QED) is 0.842. The fourth-order valence-corrected chi connectivity index (χ4v) is 2.82. The molecular weight excluding hydrogens is 310 g/mol. The van der Waals surface area contributed by atoms with Gasteiger partial charge in [-0.2, -0.15) is 0 Å². The van der Waals surface area contributed by atoms with Crippen molar-refractivity contribution in [3.63, 3.8) is 0 Å². The third kappa shape index (κ3) is 4.08. The first kappa shape index (κ1) is 14.6. The lowest BCUT2D eigenvalue weighted by Crippen LogP contribution is -2.31. The molecule has 1 heterocycles. The molecule has 0 bridgehead atoms. The van der Waals surface area contributed by atoms with Crippen LogP contribution in [0.15, 0.2) is 21.2 Å². The zero-order valence-corrected chi connectivity index (χ0v) is 12.7. The van der Waals surface area contributed by atoms with Gasteiger partial charge >= 0.3 is 0 Å². The number of nitrogens with one attached hydrogen (secondary N) is 1. The van der Waals surface area contributed by atoms with E-state index in [0.717, 1.165) is 6.42 Å². The number of hydrogen-bond acceptors (Lipinski definition) is 3. The van der Waals surface area contributed by atoms with Crippen LogP contribution in [-0.2, 0) is 4.74 Å². The molecule has 1 fully saturated rings. The average molecular weight is 330 g/mol. The second-order valence-corrected chi connectivity index (χ2v) is 5.88. The third-order valence-electron chi connectivity index (χ3n) is 3.58. The van der Waals surface area contributed by atoms with E-state index in [1.807, 2.05) is 0 Å². The van der Waals surface area contributed by atoms with Crippen LogP contribution in [0.3, 0.4) is 0 Å². The molecular formula is C14H20BrNO3. The summed E-state index contributed by atoms with van der Waals surface area (Å²) in [6.45, 7) is 3.30. The number of amides is 1. The molecule has 1 aliphatic rings. The van der Waals surface area contributed by atoms with Crippen LogP contribution in [0, 0.1) is 5.92 Å². The van der Waals surface area contributed by atoms with E-state index in [9.17, 15) is 4.79 Å². The van der Waals surface area contributed by atoms with Gasteiger partial charge in [-0.1, -0.05) is 19.8 Å². The van der Waals surface area contributed by atoms with Crippen molar-refractivity contribution in [1.29, 1.82) is 0 Å². The number of carbonyl (C=O) groups excluding carboxylic acids is 1. The molecule has 0 aromatic carbocycles. The van der Waals surface area contributed by atoms with Crippen molar-refractivity contribution in [2.24, 2.45) is 5.92 Å². The minimum atomic E-state index is -0.211. The highest BCUT2D eigenvalue weighted by Gasteiger charge is 2.21. The van der Waals surface area contributed by atoms with Crippen molar-refractivity contribution < 1.29 is 13.9 Å². The first-order chi connectivity index (χ1) is 9.18. The minimum Gasteiger partial charge on any atom is -0.458 e. The Morgan fingerprint density at radius 3 is 3.00 bits per heavy atom. The number of hydrogen-bond donors (Lipinski definition) is 1. The predicted molar refractivity (Wildman–Crippen MR) is 76.1 cm³/mol. The fourth-order valence-electron chi connectivity index (χ4n) is 2.44. The summed E-state index contributed by atoms with van der Waals surface area (Å²) < 4.78 is 11.6. The fraction of sp³-hybridized carbons (Fsp3) is 0.643. The lowest BCUT2D eigenvalue weighted by Gasteiger charge is -2.28. The largest absolute Gasteiger partial charge is 0.458 e. The van der Waals surface area contributed by atoms with Crippen LogP contribution in [0.5, 0.6) is 0 Å². The van der Waals surface area contributed by atoms with Gasteiger partial charge in [0.1, 0.15) is 0 Å². The van der Waals surface area contributed by atoms with Gasteiger partial charge in [-0.05, 0) is 40.8 Å². The number of rotatable bonds is 5. The van der Waals surface area contributed by atoms with Gasteiger partial charge < -0.3 is 14.5 Å². The molecule has 1 aromatic rings. The summed E-state index contributed by atoms with van der Waals surface area (Å²) in [6.07, 6.45) is 6.78. The Balaban J connectivity index is 1.67. The summed E-state index contributed by atoms with van der Waals surface area (Å²) in [6, 6.07) is 1.70. The molecule has 0 radical (unpaired) electrons. The highest BCUT2D eigenvalue weighted by molar-refractivity contribution is 9.10. The Hall–Kier alpha value is -0.810. The van der Waals surface area contributed by atoms with Gasteiger partial charge in [-0.25, -0.2) is 0 Å². The maximum atomic E-state index is 11.8. The topological polar surface area (TPSA) is 51.5 Å². The second kappa shape index (κ2) is 7.10. The molecule has 19 heavy (non-hydrogen) atoms. The molecule has 0 aliphatic heterocycles. The zero-order valence-electron chi connectivity index (χ0n) is 11.2. The van der Waals surface area contributed by atoms with Crippen molar-refractivity contribution in [1.82, 2.24) is 5.32 Å². The molecule has 1 aliphatic carbocycles. The molecule has 2 atom stereocenters. The molecule has 1 aromatic heterocycles. The van der Waals surface area contributed by atoms with E-state index in [4.69, 9.17) is 9.15 Å². The highest BCUT2D eigenvalue weighted by Crippen LogP contribution is 2.26. The first-order valence-electron chi connectivity index (χ1n) is 6.81. The third-order valence-corrected chi connectivity index (χ3v) is 4.20. The van der Waals surface area contributed by atoms with Gasteiger partial charge in [-0.15, -0.1) is 0 Å². The Bertz CT molecular complexity index is 419. The van der Waals surface area contributed by atoms with Crippen LogP contribution in [0.4, 0.5) is 0 Å². The van der Waals surface area contributed by atoms with Gasteiger partial charge in [-0.3, -0.25) is 4.79 Å². The molecule has 0 spiro atoms. The average Bonchev–Trinajstić information content (AvgIpc) is 2.82. The smallest absolute Gasteiger partial charge is 0.288 e. The van der Waals surface area contributed by atoms with E-state index in [0.29, 0.717) is 35.4 Å². The van der Waals surface area contributed by atoms with Crippen LogP contribution >= 0.6 is 15.9 Å². The summed E-state index contributed by atoms with van der Waals surface area (Å²) >= 11 is 3.26. The molecule has 0 unspecified atom stereocenters. The summed E-state index contributed by atoms with van der Waals surface area (Å²) in [4.78, 5) is 11.8. The molecule has 1 amide bonds. The Labute approximate surface area is 122 Å². The van der Waals surface area contributed by atoms with Crippen molar-refractivity contribution >= 4 is 21.8 Å². The van der Waals surface area contributed by atoms with E-state index in [1.54, 1.807) is 6.07 Å². The van der Waals surface area contributed by atoms with E-state index >= 15 is 0 Å². The molecule has 0 saturated heterocycles. The van der Waals surface area contributed by atoms with E-state index in [-0.39, 0.29) is 5.91 Å². The second-order valence-electron chi connectivity index (χ2n) is 5.02. The molecule has 1 saturated carbocycles. The van der Waals surface area contributed by atoms with Gasteiger partial charge in [0.05, 0.1) is 23.4 Å². The van der Waals surface area contributed by atoms with Crippen LogP contribution in [0.2, 0.25) is 0 Å². The first-order valence-corrected chi connectivity index (χ1v) is 7.60. The number of ether oxygens (including phenoxy) is 1. The minimum absolute atomic E-state index is 0.211. The summed E-state index contributed by atoms with van der Waals surface area (Å²) in [7, 11) is 0. The molecule has 4 nitrogen and oxygen atoms in total. The van der Waals surface area contributed by atoms with Crippen molar-refractivity contribution in [3.05, 3.63) is 22.6 Å². The van der Waals surface area contributed by atoms with E-state index in [2.05, 4.69) is 28.2 Å². The number of furan rings is 1. The zero-order chi connectivity index (χ0) is 13.7. The monoisotopic (exact) mass is 329 g/mol. The maximum Gasteiger partial charge on any atom is 0.288 e. The van der Waals surface area contributed by atoms with Crippen LogP contribution < -0.4 is 5.32 Å². The lowest BCUT2D eigenvalue weighted by molar-refractivity contribution is -0.00300. The van der Waals surface area contributed by atoms with Gasteiger partial charge in [0.25, 0.3) is 5.91 Å². The Kier molecular flexibility index (Phi) is 5.45. The van der Waals surface area contributed by atoms with Crippen molar-refractivity contribution in [2.45, 2.75) is 38.7 Å². The standard InChI is InChI=1S/C14H20BrNO3/c1-10-4-2-3-5-12(10)18-9-7-16-14(17)13-11(15)6-8-19-13/h6,8,10,12H,2-5,7,9H2,1H3,(H,16,17)/t10-,12-/m1/s1. The van der Waals surface area contributed by atoms with Gasteiger partial charge in [0, 0.05) is 6.54 Å². The molecule has 106 valence electrons. The van der Waals surface area contributed by atoms with Crippen LogP contribution in [-0.4, -0.2) is 25.2 Å². The number of halogens is 1. The SMILES string of the molecule is C[C@@H]1CCCC[C@H]1OCCNC(=O)c1occc1Br.